The third-order valence-corrected chi connectivity index (χ3v) is 2.12. The summed E-state index contributed by atoms with van der Waals surface area (Å²) < 4.78 is 10.5. The number of carboxylic acids is 1. The number of carbonyl (C=O) groups is 1. The van der Waals surface area contributed by atoms with Crippen LogP contribution in [0, 0.1) is 0 Å². The van der Waals surface area contributed by atoms with Gasteiger partial charge in [-0.1, -0.05) is 11.6 Å². The molecule has 0 rings (SSSR count). The molecule has 0 aromatic carbocycles. The van der Waals surface area contributed by atoms with Crippen molar-refractivity contribution in [1.29, 1.82) is 0 Å². The molecule has 0 bridgehead atoms. The average Bonchev–Trinajstić information content (AvgIpc) is 1.81. The molecule has 0 heterocycles. The van der Waals surface area contributed by atoms with Crippen molar-refractivity contribution in [2.45, 2.75) is 13.0 Å². The van der Waals surface area contributed by atoms with Gasteiger partial charge < -0.3 is 20.6 Å². The van der Waals surface area contributed by atoms with Crippen LogP contribution < -0.4 is 5.73 Å². The Bertz CT molecular complexity index is 268. The summed E-state index contributed by atoms with van der Waals surface area (Å²) in [5, 5.41) is 8.37. The molecule has 5 N–H and O–H groups in total. The van der Waals surface area contributed by atoms with Crippen LogP contribution >= 0.6 is 7.60 Å². The van der Waals surface area contributed by atoms with E-state index in [1.165, 1.54) is 6.92 Å². The first kappa shape index (κ1) is 12.3. The minimum absolute atomic E-state index is 0.267. The Hall–Kier alpha value is -0.680. The van der Waals surface area contributed by atoms with E-state index in [4.69, 9.17) is 20.6 Å². The Morgan fingerprint density at radius 2 is 2.08 bits per heavy atom. The van der Waals surface area contributed by atoms with Crippen molar-refractivity contribution in [2.75, 3.05) is 6.16 Å². The van der Waals surface area contributed by atoms with E-state index in [0.717, 1.165) is 6.08 Å². The van der Waals surface area contributed by atoms with Crippen molar-refractivity contribution in [3.05, 3.63) is 11.6 Å². The van der Waals surface area contributed by atoms with E-state index in [0.29, 0.717) is 0 Å². The zero-order valence-corrected chi connectivity index (χ0v) is 7.94. The van der Waals surface area contributed by atoms with Crippen molar-refractivity contribution >= 4 is 13.6 Å². The van der Waals surface area contributed by atoms with Gasteiger partial charge in [0.1, 0.15) is 6.04 Å². The first-order valence-corrected chi connectivity index (χ1v) is 5.22. The number of nitrogens with two attached hydrogens (primary N) is 1. The zero-order chi connectivity index (χ0) is 10.6. The monoisotopic (exact) mass is 209 g/mol. The molecule has 7 heteroatoms. The van der Waals surface area contributed by atoms with E-state index in [2.05, 4.69) is 0 Å². The highest BCUT2D eigenvalue weighted by Gasteiger charge is 2.15. The maximum Gasteiger partial charge on any atom is 0.329 e. The van der Waals surface area contributed by atoms with Crippen molar-refractivity contribution in [1.82, 2.24) is 0 Å². The third kappa shape index (κ3) is 6.48. The Balaban J connectivity index is 4.34. The summed E-state index contributed by atoms with van der Waals surface area (Å²) in [7, 11) is -4.13. The first-order valence-electron chi connectivity index (χ1n) is 3.42. The molecular formula is C6H12NO5P. The number of allylic oxidation sites excluding steroid dienone is 1. The molecular weight excluding hydrogens is 197 g/mol. The minimum Gasteiger partial charge on any atom is -0.480 e. The topological polar surface area (TPSA) is 121 Å². The predicted octanol–water partition coefficient (Wildman–Crippen LogP) is -0.478. The normalized spacial score (nSPS) is 15.5. The molecule has 0 amide bonds. The van der Waals surface area contributed by atoms with Gasteiger partial charge in [0.05, 0.1) is 6.16 Å². The maximum absolute atomic E-state index is 10.5. The van der Waals surface area contributed by atoms with Gasteiger partial charge in [0.2, 0.25) is 0 Å². The van der Waals surface area contributed by atoms with Crippen LogP contribution in [0.3, 0.4) is 0 Å². The molecule has 0 fully saturated rings. The van der Waals surface area contributed by atoms with Gasteiger partial charge in [-0.05, 0) is 6.92 Å². The lowest BCUT2D eigenvalue weighted by Crippen LogP contribution is -2.28. The second-order valence-electron chi connectivity index (χ2n) is 2.70. The first-order chi connectivity index (χ1) is 5.72. The SMILES string of the molecule is C/C(=C/[C@H](N)C(=O)O)CP(=O)(O)O. The fourth-order valence-electron chi connectivity index (χ4n) is 0.755. The molecule has 0 aliphatic rings. The van der Waals surface area contributed by atoms with E-state index >= 15 is 0 Å². The molecule has 0 unspecified atom stereocenters. The number of aliphatic carboxylic acids is 1. The van der Waals surface area contributed by atoms with Gasteiger partial charge >= 0.3 is 13.6 Å². The summed E-state index contributed by atoms with van der Waals surface area (Å²) in [5.41, 5.74) is 5.37. The van der Waals surface area contributed by atoms with Gasteiger partial charge in [-0.25, -0.2) is 0 Å². The number of rotatable bonds is 4. The standard InChI is InChI=1S/C6H12NO5P/c1-4(3-13(10,11)12)2-5(7)6(8)9/h2,5H,3,7H2,1H3,(H,8,9)(H2,10,11,12)/b4-2-/t5-/m0/s1. The molecule has 0 saturated heterocycles. The second-order valence-corrected chi connectivity index (χ2v) is 4.35. The number of carboxylic acid groups (broad SMARTS) is 1. The van der Waals surface area contributed by atoms with Crippen molar-refractivity contribution in [3.63, 3.8) is 0 Å². The molecule has 76 valence electrons. The van der Waals surface area contributed by atoms with Crippen molar-refractivity contribution in [3.8, 4) is 0 Å². The van der Waals surface area contributed by atoms with Crippen LogP contribution in [0.1, 0.15) is 6.92 Å². The predicted molar refractivity (Wildman–Crippen MR) is 46.3 cm³/mol. The summed E-state index contributed by atoms with van der Waals surface area (Å²) in [6.45, 7) is 1.42. The molecule has 13 heavy (non-hydrogen) atoms. The smallest absolute Gasteiger partial charge is 0.329 e. The van der Waals surface area contributed by atoms with Crippen LogP contribution in [0.4, 0.5) is 0 Å². The van der Waals surface area contributed by atoms with Gasteiger partial charge in [-0.2, -0.15) is 0 Å². The summed E-state index contributed by atoms with van der Waals surface area (Å²) in [6.07, 6.45) is 0.648. The lowest BCUT2D eigenvalue weighted by atomic mass is 10.2. The maximum atomic E-state index is 10.5. The third-order valence-electron chi connectivity index (χ3n) is 1.20. The Kier molecular flexibility index (Phi) is 4.29. The molecule has 0 aliphatic heterocycles. The molecule has 0 saturated carbocycles. The number of hydrogen-bond acceptors (Lipinski definition) is 3. The van der Waals surface area contributed by atoms with Crippen molar-refractivity contribution < 1.29 is 24.3 Å². The zero-order valence-electron chi connectivity index (χ0n) is 7.04. The molecule has 0 aromatic heterocycles. The van der Waals surface area contributed by atoms with E-state index in [1.54, 1.807) is 0 Å². The molecule has 0 spiro atoms. The molecule has 1 atom stereocenters. The van der Waals surface area contributed by atoms with Crippen LogP contribution in [0.2, 0.25) is 0 Å². The quantitative estimate of drug-likeness (QED) is 0.366. The van der Waals surface area contributed by atoms with Crippen LogP contribution in [-0.4, -0.2) is 33.1 Å². The number of hydrogen-bond donors (Lipinski definition) is 4. The lowest BCUT2D eigenvalue weighted by Gasteiger charge is -2.05. The van der Waals surface area contributed by atoms with Crippen LogP contribution in [0.5, 0.6) is 0 Å². The van der Waals surface area contributed by atoms with Gasteiger partial charge in [0, 0.05) is 0 Å². The minimum atomic E-state index is -4.13. The lowest BCUT2D eigenvalue weighted by molar-refractivity contribution is -0.137. The van der Waals surface area contributed by atoms with Gasteiger partial charge in [-0.15, -0.1) is 0 Å². The average molecular weight is 209 g/mol. The van der Waals surface area contributed by atoms with E-state index in [-0.39, 0.29) is 5.57 Å². The van der Waals surface area contributed by atoms with Gasteiger partial charge in [0.15, 0.2) is 0 Å². The van der Waals surface area contributed by atoms with E-state index in [1.807, 2.05) is 0 Å². The second kappa shape index (κ2) is 4.53. The summed E-state index contributed by atoms with van der Waals surface area (Å²) in [6, 6.07) is -1.22. The highest BCUT2D eigenvalue weighted by Crippen LogP contribution is 2.36. The molecule has 0 radical (unpaired) electrons. The van der Waals surface area contributed by atoms with E-state index < -0.39 is 25.8 Å². The highest BCUT2D eigenvalue weighted by atomic mass is 31.2. The fourth-order valence-corrected chi connectivity index (χ4v) is 1.51. The molecule has 0 aromatic rings. The van der Waals surface area contributed by atoms with Gasteiger partial charge in [-0.3, -0.25) is 9.36 Å². The summed E-state index contributed by atoms with van der Waals surface area (Å²) in [4.78, 5) is 27.3. The van der Waals surface area contributed by atoms with Crippen molar-refractivity contribution in [2.24, 2.45) is 5.73 Å². The Labute approximate surface area is 75.2 Å². The van der Waals surface area contributed by atoms with Crippen LogP contribution in [-0.2, 0) is 9.36 Å². The largest absolute Gasteiger partial charge is 0.480 e. The van der Waals surface area contributed by atoms with E-state index in [9.17, 15) is 9.36 Å². The van der Waals surface area contributed by atoms with Crippen LogP contribution in [0.15, 0.2) is 11.6 Å². The Morgan fingerprint density at radius 3 is 2.38 bits per heavy atom. The summed E-state index contributed by atoms with van der Waals surface area (Å²) >= 11 is 0. The molecule has 0 aliphatic carbocycles. The fraction of sp³-hybridized carbons (Fsp3) is 0.500. The Morgan fingerprint density at radius 1 is 1.62 bits per heavy atom. The van der Waals surface area contributed by atoms with Crippen LogP contribution in [0.25, 0.3) is 0 Å². The van der Waals surface area contributed by atoms with Gasteiger partial charge in [0.25, 0.3) is 0 Å². The molecule has 6 nitrogen and oxygen atoms in total. The highest BCUT2D eigenvalue weighted by molar-refractivity contribution is 7.52. The summed E-state index contributed by atoms with van der Waals surface area (Å²) in [5.74, 6) is -1.23.